The van der Waals surface area contributed by atoms with Gasteiger partial charge in [-0.15, -0.1) is 5.10 Å². The van der Waals surface area contributed by atoms with E-state index in [2.05, 4.69) is 20.4 Å². The maximum atomic E-state index is 13.9. The van der Waals surface area contributed by atoms with Crippen LogP contribution in [0, 0.1) is 0 Å². The number of fused-ring (bicyclic) bond motifs is 1. The average Bonchev–Trinajstić information content (AvgIpc) is 3.72. The molecule has 11 nitrogen and oxygen atoms in total. The van der Waals surface area contributed by atoms with Crippen LogP contribution in [0.4, 0.5) is 24.8 Å². The maximum absolute atomic E-state index is 13.9. The second-order valence-electron chi connectivity index (χ2n) is 12.1. The van der Waals surface area contributed by atoms with Crippen LogP contribution in [0.2, 0.25) is 0 Å². The monoisotopic (exact) mass is 660 g/mol. The topological polar surface area (TPSA) is 116 Å². The minimum Gasteiger partial charge on any atom is -0.346 e. The van der Waals surface area contributed by atoms with Gasteiger partial charge in [-0.3, -0.25) is 19.4 Å². The molecule has 0 saturated carbocycles. The first-order valence-electron chi connectivity index (χ1n) is 15.7. The molecule has 0 aliphatic carbocycles. The van der Waals surface area contributed by atoms with E-state index in [0.717, 1.165) is 16.7 Å². The molecule has 1 fully saturated rings. The lowest BCUT2D eigenvalue weighted by Crippen LogP contribution is -2.54. The Morgan fingerprint density at radius 3 is 2.44 bits per heavy atom. The fourth-order valence-electron chi connectivity index (χ4n) is 6.48. The number of hydrogen-bond donors (Lipinski definition) is 1. The van der Waals surface area contributed by atoms with Crippen LogP contribution < -0.4 is 5.32 Å². The van der Waals surface area contributed by atoms with Gasteiger partial charge >= 0.3 is 6.18 Å². The van der Waals surface area contributed by atoms with Crippen molar-refractivity contribution >= 4 is 40.6 Å². The number of alkyl halides is 3. The molecule has 0 radical (unpaired) electrons. The standard InChI is InChI=1S/C34H35F3N8O3/c1-42(2)31(48)33(25-11-17-38-18-12-25)15-4-19-44(33)30(47)24-6-8-26(9-7-24)39-32-40-29-27(5-3-20-45(29)41-32)23-13-21-43(22-14-23)28(46)10-16-34(35,36)37/h3,5-9,11-13,17-18,20H,4,10,14-16,19,21-22H2,1-2H3,(H,39,41). The van der Waals surface area contributed by atoms with Crippen molar-refractivity contribution in [3.8, 4) is 0 Å². The minimum absolute atomic E-state index is 0.161. The van der Waals surface area contributed by atoms with Gasteiger partial charge in [0.15, 0.2) is 5.65 Å². The third-order valence-electron chi connectivity index (χ3n) is 8.82. The number of carbonyl (C=O) groups is 3. The number of pyridine rings is 2. The summed E-state index contributed by atoms with van der Waals surface area (Å²) in [6, 6.07) is 14.2. The number of hydrogen-bond acceptors (Lipinski definition) is 7. The van der Waals surface area contributed by atoms with Crippen molar-refractivity contribution in [2.45, 2.75) is 43.8 Å². The Hall–Kier alpha value is -5.27. The predicted octanol–water partition coefficient (Wildman–Crippen LogP) is 5.05. The Kier molecular flexibility index (Phi) is 8.91. The highest BCUT2D eigenvalue weighted by molar-refractivity contribution is 6.00. The van der Waals surface area contributed by atoms with Crippen molar-refractivity contribution in [2.75, 3.05) is 39.0 Å². The van der Waals surface area contributed by atoms with E-state index >= 15 is 0 Å². The van der Waals surface area contributed by atoms with E-state index in [-0.39, 0.29) is 18.4 Å². The third kappa shape index (κ3) is 6.46. The molecule has 3 aromatic heterocycles. The van der Waals surface area contributed by atoms with Crippen molar-refractivity contribution in [2.24, 2.45) is 0 Å². The predicted molar refractivity (Wildman–Crippen MR) is 172 cm³/mol. The van der Waals surface area contributed by atoms with Crippen LogP contribution in [0.15, 0.2) is 73.2 Å². The van der Waals surface area contributed by atoms with E-state index in [9.17, 15) is 27.6 Å². The quantitative estimate of drug-likeness (QED) is 0.282. The lowest BCUT2D eigenvalue weighted by atomic mass is 9.86. The van der Waals surface area contributed by atoms with Gasteiger partial charge in [-0.1, -0.05) is 6.08 Å². The van der Waals surface area contributed by atoms with E-state index < -0.39 is 30.5 Å². The highest BCUT2D eigenvalue weighted by atomic mass is 19.4. The van der Waals surface area contributed by atoms with Gasteiger partial charge in [-0.25, -0.2) is 4.52 Å². The Morgan fingerprint density at radius 2 is 1.77 bits per heavy atom. The summed E-state index contributed by atoms with van der Waals surface area (Å²) in [6.45, 7) is 0.983. The maximum Gasteiger partial charge on any atom is 0.389 e. The Labute approximate surface area is 275 Å². The van der Waals surface area contributed by atoms with Crippen molar-refractivity contribution in [1.82, 2.24) is 34.3 Å². The smallest absolute Gasteiger partial charge is 0.346 e. The summed E-state index contributed by atoms with van der Waals surface area (Å²) in [6.07, 6.45) is 2.48. The molecule has 1 N–H and O–H groups in total. The second-order valence-corrected chi connectivity index (χ2v) is 12.1. The average molecular weight is 661 g/mol. The number of likely N-dealkylation sites (N-methyl/N-ethyl adjacent to an activating group) is 1. The third-order valence-corrected chi connectivity index (χ3v) is 8.82. The lowest BCUT2D eigenvalue weighted by Gasteiger charge is -2.39. The number of anilines is 2. The van der Waals surface area contributed by atoms with Crippen LogP contribution in [0.5, 0.6) is 0 Å². The summed E-state index contributed by atoms with van der Waals surface area (Å²) in [5.41, 5.74) is 3.04. The van der Waals surface area contributed by atoms with Gasteiger partial charge in [0.2, 0.25) is 11.9 Å². The summed E-state index contributed by atoms with van der Waals surface area (Å²) >= 11 is 0. The molecule has 1 atom stereocenters. The fraction of sp³-hybridized carbons (Fsp3) is 0.353. The Balaban J connectivity index is 1.17. The van der Waals surface area contributed by atoms with Crippen LogP contribution in [0.1, 0.15) is 53.6 Å². The Morgan fingerprint density at radius 1 is 1.02 bits per heavy atom. The Bertz CT molecular complexity index is 1860. The SMILES string of the molecule is CN(C)C(=O)C1(c2ccncc2)CCCN1C(=O)c1ccc(Nc2nc3c(C4=CCN(C(=O)CCC(F)(F)F)CC4)cccn3n2)cc1. The van der Waals surface area contributed by atoms with Crippen LogP contribution in [0.3, 0.4) is 0 Å². The van der Waals surface area contributed by atoms with Crippen molar-refractivity contribution in [3.63, 3.8) is 0 Å². The molecule has 0 spiro atoms. The molecule has 5 heterocycles. The van der Waals surface area contributed by atoms with Crippen molar-refractivity contribution in [3.05, 3.63) is 89.9 Å². The van der Waals surface area contributed by atoms with Gasteiger partial charge in [0, 0.05) is 75.6 Å². The molecular weight excluding hydrogens is 625 g/mol. The highest BCUT2D eigenvalue weighted by Gasteiger charge is 2.51. The summed E-state index contributed by atoms with van der Waals surface area (Å²) in [4.78, 5) is 53.1. The zero-order valence-corrected chi connectivity index (χ0v) is 26.6. The molecule has 1 aromatic carbocycles. The second kappa shape index (κ2) is 13.1. The molecular formula is C34H35F3N8O3. The summed E-state index contributed by atoms with van der Waals surface area (Å²) in [5, 5.41) is 7.72. The molecule has 3 amide bonds. The van der Waals surface area contributed by atoms with Crippen LogP contribution in [-0.4, -0.2) is 91.9 Å². The van der Waals surface area contributed by atoms with Crippen molar-refractivity contribution in [1.29, 1.82) is 0 Å². The normalized spacial score (nSPS) is 18.1. The molecule has 250 valence electrons. The van der Waals surface area contributed by atoms with Gasteiger partial charge in [0.05, 0.1) is 6.42 Å². The van der Waals surface area contributed by atoms with Gasteiger partial charge in [0.1, 0.15) is 5.54 Å². The van der Waals surface area contributed by atoms with Crippen molar-refractivity contribution < 1.29 is 27.6 Å². The molecule has 0 bridgehead atoms. The highest BCUT2D eigenvalue weighted by Crippen LogP contribution is 2.41. The van der Waals surface area contributed by atoms with E-state index in [0.29, 0.717) is 55.2 Å². The number of aromatic nitrogens is 4. The first-order valence-corrected chi connectivity index (χ1v) is 15.7. The molecule has 6 rings (SSSR count). The van der Waals surface area contributed by atoms with E-state index in [1.54, 1.807) is 78.5 Å². The summed E-state index contributed by atoms with van der Waals surface area (Å²) in [7, 11) is 3.38. The van der Waals surface area contributed by atoms with E-state index in [4.69, 9.17) is 0 Å². The van der Waals surface area contributed by atoms with Gasteiger partial charge in [0.25, 0.3) is 11.8 Å². The zero-order chi connectivity index (χ0) is 34.1. The molecule has 2 aliphatic heterocycles. The molecule has 14 heteroatoms. The summed E-state index contributed by atoms with van der Waals surface area (Å²) < 4.78 is 39.3. The molecule has 2 aliphatic rings. The van der Waals surface area contributed by atoms with Gasteiger partial charge in [-0.05, 0) is 78.9 Å². The first-order chi connectivity index (χ1) is 23.0. The molecule has 1 unspecified atom stereocenters. The van der Waals surface area contributed by atoms with Gasteiger partial charge in [-0.2, -0.15) is 18.2 Å². The number of carbonyl (C=O) groups excluding carboxylic acids is 3. The zero-order valence-electron chi connectivity index (χ0n) is 26.6. The minimum atomic E-state index is -4.37. The molecule has 48 heavy (non-hydrogen) atoms. The first kappa shape index (κ1) is 32.7. The van der Waals surface area contributed by atoms with Gasteiger partial charge < -0.3 is 20.0 Å². The summed E-state index contributed by atoms with van der Waals surface area (Å²) in [5.74, 6) is -0.596. The van der Waals surface area contributed by atoms with Crippen LogP contribution >= 0.6 is 0 Å². The largest absolute Gasteiger partial charge is 0.389 e. The van der Waals surface area contributed by atoms with E-state index in [1.807, 2.05) is 18.2 Å². The fourth-order valence-corrected chi connectivity index (χ4v) is 6.48. The van der Waals surface area contributed by atoms with Crippen LogP contribution in [0.25, 0.3) is 11.2 Å². The number of amides is 3. The number of nitrogens with one attached hydrogen (secondary N) is 1. The van der Waals surface area contributed by atoms with Crippen LogP contribution in [-0.2, 0) is 15.1 Å². The lowest BCUT2D eigenvalue weighted by molar-refractivity contribution is -0.148. The number of likely N-dealkylation sites (tertiary alicyclic amines) is 1. The number of halogens is 3. The number of benzene rings is 1. The molecule has 4 aromatic rings. The molecule has 1 saturated heterocycles. The van der Waals surface area contributed by atoms with E-state index in [1.165, 1.54) is 9.80 Å². The number of rotatable bonds is 8. The number of nitrogens with zero attached hydrogens (tertiary/aromatic N) is 7.